The number of aromatic nitrogens is 2. The van der Waals surface area contributed by atoms with Crippen molar-refractivity contribution in [3.05, 3.63) is 18.6 Å². The first-order chi connectivity index (χ1) is 6.36. The minimum atomic E-state index is 0.125. The molecule has 0 bridgehead atoms. The van der Waals surface area contributed by atoms with Crippen LogP contribution in [-0.2, 0) is 0 Å². The van der Waals surface area contributed by atoms with Gasteiger partial charge in [-0.25, -0.2) is 9.97 Å². The summed E-state index contributed by atoms with van der Waals surface area (Å²) in [6.07, 6.45) is 3.23. The molecule has 0 aromatic carbocycles. The third kappa shape index (κ3) is 3.71. The fourth-order valence-electron chi connectivity index (χ4n) is 0.777. The fourth-order valence-corrected chi connectivity index (χ4v) is 1.70. The molecule has 0 saturated heterocycles. The lowest BCUT2D eigenvalue weighted by Crippen LogP contribution is -2.31. The van der Waals surface area contributed by atoms with Crippen molar-refractivity contribution >= 4 is 11.8 Å². The Bertz CT molecular complexity index is 228. The van der Waals surface area contributed by atoms with E-state index in [0.29, 0.717) is 0 Å². The summed E-state index contributed by atoms with van der Waals surface area (Å²) in [7, 11) is 1.83. The maximum absolute atomic E-state index is 8.90. The highest BCUT2D eigenvalue weighted by molar-refractivity contribution is 7.99. The second-order valence-corrected chi connectivity index (χ2v) is 3.57. The van der Waals surface area contributed by atoms with Crippen molar-refractivity contribution in [1.29, 1.82) is 0 Å². The second kappa shape index (κ2) is 5.90. The lowest BCUT2D eigenvalue weighted by molar-refractivity contribution is 0.260. The molecule has 72 valence electrons. The average molecular weight is 199 g/mol. The van der Waals surface area contributed by atoms with Gasteiger partial charge in [-0.3, -0.25) is 0 Å². The van der Waals surface area contributed by atoms with E-state index < -0.39 is 0 Å². The van der Waals surface area contributed by atoms with Crippen LogP contribution in [0.5, 0.6) is 0 Å². The van der Waals surface area contributed by atoms with Gasteiger partial charge < -0.3 is 10.4 Å². The predicted octanol–water partition coefficient (Wildman–Crippen LogP) is 0.149. The van der Waals surface area contributed by atoms with Gasteiger partial charge in [0.1, 0.15) is 6.33 Å². The summed E-state index contributed by atoms with van der Waals surface area (Å²) in [5, 5.41) is 12.8. The molecule has 1 heterocycles. The number of hydrogen-bond donors (Lipinski definition) is 2. The van der Waals surface area contributed by atoms with Crippen molar-refractivity contribution in [2.24, 2.45) is 0 Å². The summed E-state index contributed by atoms with van der Waals surface area (Å²) in [4.78, 5) is 7.89. The van der Waals surface area contributed by atoms with Crippen molar-refractivity contribution in [2.75, 3.05) is 19.4 Å². The number of thioether (sulfide) groups is 1. The Morgan fingerprint density at radius 1 is 1.69 bits per heavy atom. The first-order valence-electron chi connectivity index (χ1n) is 4.03. The zero-order valence-electron chi connectivity index (χ0n) is 7.47. The van der Waals surface area contributed by atoms with Crippen LogP contribution in [0.15, 0.2) is 23.6 Å². The molecule has 0 saturated carbocycles. The zero-order valence-corrected chi connectivity index (χ0v) is 8.29. The van der Waals surface area contributed by atoms with Crippen LogP contribution >= 0.6 is 11.8 Å². The number of nitrogens with one attached hydrogen (secondary N) is 1. The lowest BCUT2D eigenvalue weighted by atomic mass is 10.4. The third-order valence-corrected chi connectivity index (χ3v) is 2.72. The third-order valence-electron chi connectivity index (χ3n) is 1.62. The van der Waals surface area contributed by atoms with E-state index in [0.717, 1.165) is 10.8 Å². The molecule has 2 N–H and O–H groups in total. The normalized spacial score (nSPS) is 12.8. The number of nitrogens with zero attached hydrogens (tertiary/aromatic N) is 2. The molecule has 5 heteroatoms. The number of rotatable bonds is 5. The molecular formula is C8H13N3OS. The Labute approximate surface area is 81.8 Å². The van der Waals surface area contributed by atoms with Crippen molar-refractivity contribution in [1.82, 2.24) is 15.3 Å². The van der Waals surface area contributed by atoms with Crippen molar-refractivity contribution in [2.45, 2.75) is 11.1 Å². The monoisotopic (exact) mass is 199 g/mol. The fraction of sp³-hybridized carbons (Fsp3) is 0.500. The van der Waals surface area contributed by atoms with E-state index in [1.807, 2.05) is 13.1 Å². The van der Waals surface area contributed by atoms with Gasteiger partial charge in [-0.1, -0.05) is 0 Å². The van der Waals surface area contributed by atoms with Gasteiger partial charge in [0.05, 0.1) is 11.6 Å². The molecular weight excluding hydrogens is 186 g/mol. The topological polar surface area (TPSA) is 58.0 Å². The van der Waals surface area contributed by atoms with Gasteiger partial charge in [0, 0.05) is 18.0 Å². The molecule has 1 aromatic rings. The summed E-state index contributed by atoms with van der Waals surface area (Å²) >= 11 is 1.60. The molecule has 1 aromatic heterocycles. The standard InChI is InChI=1S/C8H13N3OS/c1-9-7(4-12)5-13-8-2-3-10-6-11-8/h2-3,6-7,9,12H,4-5H2,1H3. The number of likely N-dealkylation sites (N-methyl/N-ethyl adjacent to an activating group) is 1. The molecule has 1 unspecified atom stereocenters. The van der Waals surface area contributed by atoms with Crippen molar-refractivity contribution in [3.63, 3.8) is 0 Å². The zero-order chi connectivity index (χ0) is 9.52. The summed E-state index contributed by atoms with van der Waals surface area (Å²) in [5.41, 5.74) is 0. The highest BCUT2D eigenvalue weighted by Gasteiger charge is 2.04. The van der Waals surface area contributed by atoms with E-state index >= 15 is 0 Å². The molecule has 0 aliphatic heterocycles. The highest BCUT2D eigenvalue weighted by Crippen LogP contribution is 2.13. The van der Waals surface area contributed by atoms with Gasteiger partial charge in [0.25, 0.3) is 0 Å². The lowest BCUT2D eigenvalue weighted by Gasteiger charge is -2.11. The molecule has 0 aliphatic rings. The molecule has 0 fully saturated rings. The van der Waals surface area contributed by atoms with E-state index in [-0.39, 0.29) is 12.6 Å². The van der Waals surface area contributed by atoms with Gasteiger partial charge in [-0.2, -0.15) is 0 Å². The minimum Gasteiger partial charge on any atom is -0.395 e. The van der Waals surface area contributed by atoms with E-state index in [1.165, 1.54) is 6.33 Å². The molecule has 1 atom stereocenters. The second-order valence-electron chi connectivity index (χ2n) is 2.53. The first-order valence-corrected chi connectivity index (χ1v) is 5.02. The molecule has 0 amide bonds. The van der Waals surface area contributed by atoms with Crippen LogP contribution in [0.4, 0.5) is 0 Å². The van der Waals surface area contributed by atoms with Crippen LogP contribution in [0, 0.1) is 0 Å². The van der Waals surface area contributed by atoms with Crippen LogP contribution in [0.3, 0.4) is 0 Å². The van der Waals surface area contributed by atoms with Gasteiger partial charge in [-0.05, 0) is 13.1 Å². The van der Waals surface area contributed by atoms with Gasteiger partial charge in [-0.15, -0.1) is 11.8 Å². The summed E-state index contributed by atoms with van der Waals surface area (Å²) in [5.74, 6) is 0.810. The smallest absolute Gasteiger partial charge is 0.116 e. The largest absolute Gasteiger partial charge is 0.395 e. The Kier molecular flexibility index (Phi) is 4.74. The summed E-state index contributed by atoms with van der Waals surface area (Å²) < 4.78 is 0. The first kappa shape index (κ1) is 10.4. The Balaban J connectivity index is 2.34. The van der Waals surface area contributed by atoms with E-state index in [9.17, 15) is 0 Å². The quantitative estimate of drug-likeness (QED) is 0.522. The molecule has 1 rings (SSSR count). The Morgan fingerprint density at radius 3 is 3.08 bits per heavy atom. The summed E-state index contributed by atoms with van der Waals surface area (Å²) in [6.45, 7) is 0.147. The van der Waals surface area contributed by atoms with Crippen LogP contribution < -0.4 is 5.32 Å². The Hall–Kier alpha value is -0.650. The van der Waals surface area contributed by atoms with E-state index in [4.69, 9.17) is 5.11 Å². The van der Waals surface area contributed by atoms with Crippen molar-refractivity contribution in [3.8, 4) is 0 Å². The molecule has 0 aliphatic carbocycles. The average Bonchev–Trinajstić information content (AvgIpc) is 2.21. The van der Waals surface area contributed by atoms with Crippen LogP contribution in [0.1, 0.15) is 0 Å². The van der Waals surface area contributed by atoms with E-state index in [2.05, 4.69) is 15.3 Å². The van der Waals surface area contributed by atoms with Crippen LogP contribution in [0.25, 0.3) is 0 Å². The van der Waals surface area contributed by atoms with E-state index in [1.54, 1.807) is 18.0 Å². The summed E-state index contributed by atoms with van der Waals surface area (Å²) in [6, 6.07) is 1.98. The maximum atomic E-state index is 8.90. The number of hydrogen-bond acceptors (Lipinski definition) is 5. The maximum Gasteiger partial charge on any atom is 0.116 e. The van der Waals surface area contributed by atoms with Gasteiger partial charge >= 0.3 is 0 Å². The predicted molar refractivity (Wildman–Crippen MR) is 52.7 cm³/mol. The minimum absolute atomic E-state index is 0.125. The van der Waals surface area contributed by atoms with Crippen molar-refractivity contribution < 1.29 is 5.11 Å². The SMILES string of the molecule is CNC(CO)CSc1ccncn1. The Morgan fingerprint density at radius 2 is 2.54 bits per heavy atom. The molecule has 0 radical (unpaired) electrons. The number of aliphatic hydroxyl groups excluding tert-OH is 1. The molecule has 0 spiro atoms. The number of aliphatic hydroxyl groups is 1. The molecule has 4 nitrogen and oxygen atoms in total. The van der Waals surface area contributed by atoms with Crippen LogP contribution in [0.2, 0.25) is 0 Å². The van der Waals surface area contributed by atoms with Gasteiger partial charge in [0.15, 0.2) is 0 Å². The van der Waals surface area contributed by atoms with Gasteiger partial charge in [0.2, 0.25) is 0 Å². The highest BCUT2D eigenvalue weighted by atomic mass is 32.2. The van der Waals surface area contributed by atoms with Crippen LogP contribution in [-0.4, -0.2) is 40.5 Å². The molecule has 13 heavy (non-hydrogen) atoms.